The molecule has 11 heteroatoms. The third-order valence-corrected chi connectivity index (χ3v) is 8.52. The molecule has 2 amide bonds. The largest absolute Gasteiger partial charge is 0.497 e. The molecule has 7 nitrogen and oxygen atoms in total. The van der Waals surface area contributed by atoms with Gasteiger partial charge in [0.2, 0.25) is 15.8 Å². The van der Waals surface area contributed by atoms with Crippen molar-refractivity contribution in [3.8, 4) is 5.75 Å². The van der Waals surface area contributed by atoms with Crippen molar-refractivity contribution in [2.24, 2.45) is 5.41 Å². The highest BCUT2D eigenvalue weighted by Crippen LogP contribution is 2.54. The first-order valence-corrected chi connectivity index (χ1v) is 14.6. The molecule has 0 fully saturated rings. The number of halogens is 3. The Kier molecular flexibility index (Phi) is 9.81. The van der Waals surface area contributed by atoms with E-state index < -0.39 is 28.4 Å². The van der Waals surface area contributed by atoms with E-state index in [9.17, 15) is 4.79 Å². The predicted octanol–water partition coefficient (Wildman–Crippen LogP) is 7.50. The molecule has 3 aromatic carbocycles. The quantitative estimate of drug-likeness (QED) is 0.0890. The molecule has 0 aliphatic carbocycles. The number of nitrogens with one attached hydrogen (secondary N) is 1. The molecule has 1 unspecified atom stereocenters. The fraction of sp³-hybridized carbons (Fsp3) is 0.281. The van der Waals surface area contributed by atoms with E-state index in [1.165, 1.54) is 30.3 Å². The summed E-state index contributed by atoms with van der Waals surface area (Å²) in [5.41, 5.74) is -0.869. The summed E-state index contributed by atoms with van der Waals surface area (Å²) in [6.07, 6.45) is 1.40. The second kappa shape index (κ2) is 13.0. The normalized spacial score (nSPS) is 13.2. The molecule has 0 spiro atoms. The average molecular weight is 639 g/mol. The van der Waals surface area contributed by atoms with Gasteiger partial charge in [0.25, 0.3) is 0 Å². The summed E-state index contributed by atoms with van der Waals surface area (Å²) < 4.78 is 26.8. The zero-order valence-corrected chi connectivity index (χ0v) is 27.0. The molecule has 4 aromatic rings. The number of carbonyl (C=O) groups is 1. The summed E-state index contributed by atoms with van der Waals surface area (Å²) >= 11 is 12.3. The second-order valence-electron chi connectivity index (χ2n) is 11.2. The van der Waals surface area contributed by atoms with Gasteiger partial charge < -0.3 is 14.5 Å². The van der Waals surface area contributed by atoms with E-state index in [1.54, 1.807) is 13.0 Å². The Morgan fingerprint density at radius 3 is 2.02 bits per heavy atom. The van der Waals surface area contributed by atoms with Crippen molar-refractivity contribution >= 4 is 45.4 Å². The molecule has 0 aliphatic rings. The summed E-state index contributed by atoms with van der Waals surface area (Å²) in [7, 11) is 4.76. The van der Waals surface area contributed by atoms with Gasteiger partial charge in [-0.05, 0) is 47.2 Å². The lowest BCUT2D eigenvalue weighted by Gasteiger charge is -2.56. The van der Waals surface area contributed by atoms with Crippen molar-refractivity contribution in [2.75, 3.05) is 12.0 Å². The van der Waals surface area contributed by atoms with Crippen LogP contribution in [0.3, 0.4) is 0 Å². The van der Waals surface area contributed by atoms with Gasteiger partial charge in [-0.25, -0.2) is 19.2 Å². The number of ether oxygens (including phenoxy) is 1. The molecule has 1 aromatic heterocycles. The maximum Gasteiger partial charge on any atom is 0.324 e. The Bertz CT molecular complexity index is 1530. The Balaban J connectivity index is 1.91. The van der Waals surface area contributed by atoms with Crippen molar-refractivity contribution in [3.05, 3.63) is 118 Å². The van der Waals surface area contributed by atoms with E-state index in [-0.39, 0.29) is 22.7 Å². The fourth-order valence-electron chi connectivity index (χ4n) is 5.89. The molecule has 0 saturated carbocycles. The Morgan fingerprint density at radius 2 is 1.56 bits per heavy atom. The monoisotopic (exact) mass is 637 g/mol. The van der Waals surface area contributed by atoms with Gasteiger partial charge in [0.1, 0.15) is 16.6 Å². The van der Waals surface area contributed by atoms with Crippen LogP contribution in [0.15, 0.2) is 85.1 Å². The summed E-state index contributed by atoms with van der Waals surface area (Å²) in [6.45, 7) is 7.84. The van der Waals surface area contributed by atoms with E-state index >= 15 is 4.39 Å². The number of rotatable bonds is 9. The van der Waals surface area contributed by atoms with Crippen molar-refractivity contribution in [3.63, 3.8) is 0 Å². The minimum Gasteiger partial charge on any atom is -0.497 e. The Morgan fingerprint density at radius 1 is 0.977 bits per heavy atom. The molecular formula is C32H32Cl2FN4O3Si. The van der Waals surface area contributed by atoms with Gasteiger partial charge in [0.05, 0.1) is 24.8 Å². The number of carbonyl (C=O) groups excluding carboxylic acids is 1. The number of hydrogen-bond acceptors (Lipinski definition) is 5. The first-order valence-electron chi connectivity index (χ1n) is 13.4. The van der Waals surface area contributed by atoms with Crippen LogP contribution in [-0.2, 0) is 16.4 Å². The molecule has 1 atom stereocenters. The van der Waals surface area contributed by atoms with Crippen LogP contribution in [0.1, 0.15) is 44.4 Å². The zero-order valence-electron chi connectivity index (χ0n) is 24.5. The standard InChI is InChI=1S/C32H32Cl2FN4O3Si/c1-30(2,3)32(22-12-8-6-9-13-22,23-14-10-7-11-15-23)31(4,42-43)38-29(40)39(20-21-19-36-28(34)37-27(21)33)26-17-16-24(41-5)18-25(26)35/h6-19H,20H2,1-5H3,(H,38,40). The van der Waals surface area contributed by atoms with Crippen molar-refractivity contribution < 1.29 is 18.3 Å². The number of anilines is 1. The highest BCUT2D eigenvalue weighted by molar-refractivity contribution is 6.32. The number of benzene rings is 3. The van der Waals surface area contributed by atoms with E-state index in [0.717, 1.165) is 11.1 Å². The summed E-state index contributed by atoms with van der Waals surface area (Å²) in [5.74, 6) is -0.391. The molecule has 4 rings (SSSR count). The van der Waals surface area contributed by atoms with Gasteiger partial charge >= 0.3 is 6.03 Å². The van der Waals surface area contributed by atoms with Gasteiger partial charge in [-0.1, -0.05) is 93.0 Å². The van der Waals surface area contributed by atoms with E-state index in [4.69, 9.17) is 32.4 Å². The molecule has 0 bridgehead atoms. The number of nitrogens with zero attached hydrogens (tertiary/aromatic N) is 3. The maximum atomic E-state index is 15.6. The molecule has 0 aliphatic heterocycles. The van der Waals surface area contributed by atoms with E-state index in [0.29, 0.717) is 11.3 Å². The van der Waals surface area contributed by atoms with Gasteiger partial charge in [-0.15, -0.1) is 0 Å². The molecule has 1 heterocycles. The lowest BCUT2D eigenvalue weighted by atomic mass is 9.54. The van der Waals surface area contributed by atoms with Crippen LogP contribution in [0.5, 0.6) is 5.75 Å². The number of methoxy groups -OCH3 is 1. The van der Waals surface area contributed by atoms with Crippen LogP contribution in [-0.4, -0.2) is 39.3 Å². The van der Waals surface area contributed by atoms with Gasteiger partial charge in [-0.2, -0.15) is 0 Å². The Labute approximate surface area is 264 Å². The SMILES string of the molecule is COc1ccc(N(Cc2cnc(Cl)nc2Cl)C(=O)NC(C)(O[Si])C(c2ccccc2)(c2ccccc2)C(C)(C)C)c(F)c1. The number of hydrogen-bond donors (Lipinski definition) is 1. The van der Waals surface area contributed by atoms with Crippen molar-refractivity contribution in [1.29, 1.82) is 0 Å². The number of amides is 2. The van der Waals surface area contributed by atoms with Crippen LogP contribution in [0.4, 0.5) is 14.9 Å². The minimum atomic E-state index is -1.45. The minimum absolute atomic E-state index is 0.0265. The average Bonchev–Trinajstić information content (AvgIpc) is 2.97. The first-order chi connectivity index (χ1) is 20.4. The summed E-state index contributed by atoms with van der Waals surface area (Å²) in [6, 6.07) is 23.2. The molecule has 1 N–H and O–H groups in total. The third-order valence-electron chi connectivity index (χ3n) is 7.61. The number of urea groups is 1. The fourth-order valence-corrected chi connectivity index (χ4v) is 6.45. The molecule has 223 valence electrons. The van der Waals surface area contributed by atoms with Crippen LogP contribution in [0, 0.1) is 11.2 Å². The van der Waals surface area contributed by atoms with E-state index in [1.807, 2.05) is 60.7 Å². The Hall–Kier alpha value is -3.50. The smallest absolute Gasteiger partial charge is 0.324 e. The van der Waals surface area contributed by atoms with Gasteiger partial charge in [0, 0.05) is 17.8 Å². The lowest BCUT2D eigenvalue weighted by molar-refractivity contribution is -0.0441. The maximum absolute atomic E-state index is 15.6. The van der Waals surface area contributed by atoms with Crippen LogP contribution < -0.4 is 15.0 Å². The van der Waals surface area contributed by atoms with Gasteiger partial charge in [0.15, 0.2) is 5.82 Å². The number of aromatic nitrogens is 2. The van der Waals surface area contributed by atoms with Crippen LogP contribution in [0.25, 0.3) is 0 Å². The molecule has 3 radical (unpaired) electrons. The van der Waals surface area contributed by atoms with Crippen LogP contribution in [0.2, 0.25) is 10.4 Å². The van der Waals surface area contributed by atoms with Crippen LogP contribution >= 0.6 is 23.2 Å². The lowest BCUT2D eigenvalue weighted by Crippen LogP contribution is -2.68. The second-order valence-corrected chi connectivity index (χ2v) is 12.1. The highest BCUT2D eigenvalue weighted by Gasteiger charge is 2.59. The molecule has 0 saturated heterocycles. The molecule has 43 heavy (non-hydrogen) atoms. The topological polar surface area (TPSA) is 76.6 Å². The third kappa shape index (κ3) is 6.26. The summed E-state index contributed by atoms with van der Waals surface area (Å²) in [5, 5.41) is 3.08. The first kappa shape index (κ1) is 32.4. The van der Waals surface area contributed by atoms with E-state index in [2.05, 4.69) is 46.5 Å². The summed E-state index contributed by atoms with van der Waals surface area (Å²) in [4.78, 5) is 23.6. The van der Waals surface area contributed by atoms with Gasteiger partial charge in [-0.3, -0.25) is 4.90 Å². The predicted molar refractivity (Wildman–Crippen MR) is 168 cm³/mol. The highest BCUT2D eigenvalue weighted by atomic mass is 35.5. The zero-order chi connectivity index (χ0) is 31.4. The van der Waals surface area contributed by atoms with Crippen molar-refractivity contribution in [1.82, 2.24) is 15.3 Å². The molecular weight excluding hydrogens is 606 g/mol. The van der Waals surface area contributed by atoms with Crippen molar-refractivity contribution in [2.45, 2.75) is 45.4 Å².